The zero-order chi connectivity index (χ0) is 9.78. The Hall–Kier alpha value is -0.460. The minimum absolute atomic E-state index is 1.03. The molecule has 0 aromatic rings. The third kappa shape index (κ3) is 4.42. The molecule has 0 saturated carbocycles. The summed E-state index contributed by atoms with van der Waals surface area (Å²) in [6, 6.07) is -2.18. The van der Waals surface area contributed by atoms with E-state index in [-0.39, 0.29) is 0 Å². The largest absolute Gasteiger partial charge is 0.411 e. The Morgan fingerprint density at radius 2 is 2.08 bits per heavy atom. The first-order valence-electron chi connectivity index (χ1n) is 2.77. The van der Waals surface area contributed by atoms with Crippen LogP contribution < -0.4 is 10.6 Å². The van der Waals surface area contributed by atoms with E-state index in [9.17, 15) is 23.3 Å². The van der Waals surface area contributed by atoms with Gasteiger partial charge in [-0.2, -0.15) is 13.2 Å². The fraction of sp³-hybridized carbons (Fsp3) is 1.00. The molecule has 0 amide bonds. The molecule has 12 heavy (non-hydrogen) atoms. The molecule has 9 heteroatoms. The molecule has 2 atom stereocenters. The summed E-state index contributed by atoms with van der Waals surface area (Å²) in [6.07, 6.45) is -4.63. The lowest BCUT2D eigenvalue weighted by atomic mass is 10.3. The molecule has 0 spiro atoms. The Kier molecular flexibility index (Phi) is 4.36. The smallest absolute Gasteiger partial charge is 0.264 e. The summed E-state index contributed by atoms with van der Waals surface area (Å²) in [6.45, 7) is -1.20. The number of rotatable bonds is 4. The SMILES string of the molecule is O=[N+]([O-])CC(NNP)C(F)(F)F. The molecule has 2 N–H and O–H groups in total. The van der Waals surface area contributed by atoms with E-state index in [2.05, 4.69) is 0 Å². The number of nitrogens with one attached hydrogen (secondary N) is 2. The quantitative estimate of drug-likeness (QED) is 0.387. The van der Waals surface area contributed by atoms with Gasteiger partial charge in [0.05, 0.1) is 0 Å². The highest BCUT2D eigenvalue weighted by atomic mass is 31.0. The molecule has 0 radical (unpaired) electrons. The Balaban J connectivity index is 4.13. The lowest BCUT2D eigenvalue weighted by Crippen LogP contribution is -2.50. The van der Waals surface area contributed by atoms with Gasteiger partial charge in [0, 0.05) is 4.92 Å². The third-order valence-corrected chi connectivity index (χ3v) is 1.15. The van der Waals surface area contributed by atoms with Gasteiger partial charge in [-0.05, 0) is 0 Å². The Labute approximate surface area is 68.1 Å². The fourth-order valence-electron chi connectivity index (χ4n) is 0.481. The van der Waals surface area contributed by atoms with Crippen LogP contribution >= 0.6 is 9.39 Å². The predicted molar refractivity (Wildman–Crippen MR) is 37.7 cm³/mol. The van der Waals surface area contributed by atoms with E-state index in [4.69, 9.17) is 0 Å². The van der Waals surface area contributed by atoms with Gasteiger partial charge < -0.3 is 0 Å². The van der Waals surface area contributed by atoms with Crippen LogP contribution in [0, 0.1) is 10.1 Å². The second kappa shape index (κ2) is 4.54. The molecule has 0 aromatic carbocycles. The van der Waals surface area contributed by atoms with Crippen LogP contribution in [0.1, 0.15) is 0 Å². The lowest BCUT2D eigenvalue weighted by Gasteiger charge is -2.16. The van der Waals surface area contributed by atoms with Crippen molar-refractivity contribution in [3.8, 4) is 0 Å². The van der Waals surface area contributed by atoms with E-state index in [0.717, 1.165) is 0 Å². The lowest BCUT2D eigenvalue weighted by molar-refractivity contribution is -0.491. The predicted octanol–water partition coefficient (Wildman–Crippen LogP) is 0.0783. The van der Waals surface area contributed by atoms with Gasteiger partial charge in [0.15, 0.2) is 6.04 Å². The highest BCUT2D eigenvalue weighted by molar-refractivity contribution is 7.13. The second-order valence-corrected chi connectivity index (χ2v) is 2.19. The summed E-state index contributed by atoms with van der Waals surface area (Å²) in [5, 5.41) is 11.7. The summed E-state index contributed by atoms with van der Waals surface area (Å²) in [7, 11) is 1.76. The van der Waals surface area contributed by atoms with E-state index in [0.29, 0.717) is 0 Å². The van der Waals surface area contributed by atoms with Crippen molar-refractivity contribution in [3.63, 3.8) is 0 Å². The number of nitrogens with zero attached hydrogens (tertiary/aromatic N) is 1. The molecule has 0 aliphatic rings. The van der Waals surface area contributed by atoms with Crippen LogP contribution in [0.3, 0.4) is 0 Å². The summed E-state index contributed by atoms with van der Waals surface area (Å²) >= 11 is 0. The maximum Gasteiger partial charge on any atom is 0.411 e. The van der Waals surface area contributed by atoms with Crippen molar-refractivity contribution in [3.05, 3.63) is 10.1 Å². The number of hydrogen-bond donors (Lipinski definition) is 2. The Morgan fingerprint density at radius 3 is 2.33 bits per heavy atom. The fourth-order valence-corrected chi connectivity index (χ4v) is 0.682. The molecular formula is C3H7F3N3O2P. The molecule has 0 aromatic heterocycles. The van der Waals surface area contributed by atoms with Gasteiger partial charge in [0.1, 0.15) is 0 Å². The van der Waals surface area contributed by atoms with E-state index in [1.54, 1.807) is 14.8 Å². The molecule has 0 fully saturated rings. The molecule has 0 rings (SSSR count). The van der Waals surface area contributed by atoms with E-state index in [1.807, 2.05) is 5.20 Å². The van der Waals surface area contributed by atoms with Crippen LogP contribution in [0.4, 0.5) is 13.2 Å². The molecular weight excluding hydrogens is 198 g/mol. The first-order valence-corrected chi connectivity index (χ1v) is 3.35. The molecule has 0 saturated heterocycles. The van der Waals surface area contributed by atoms with Crippen LogP contribution in [0.15, 0.2) is 0 Å². The Morgan fingerprint density at radius 1 is 1.58 bits per heavy atom. The average molecular weight is 205 g/mol. The number of alkyl halides is 3. The van der Waals surface area contributed by atoms with Gasteiger partial charge in [-0.25, -0.2) is 10.6 Å². The molecule has 5 nitrogen and oxygen atoms in total. The average Bonchev–Trinajstić information content (AvgIpc) is 1.83. The van der Waals surface area contributed by atoms with Crippen molar-refractivity contribution in [1.29, 1.82) is 0 Å². The van der Waals surface area contributed by atoms with Crippen LogP contribution in [-0.4, -0.2) is 23.7 Å². The summed E-state index contributed by atoms with van der Waals surface area (Å²) in [4.78, 5) is 8.73. The first kappa shape index (κ1) is 11.5. The van der Waals surface area contributed by atoms with Gasteiger partial charge >= 0.3 is 6.18 Å². The van der Waals surface area contributed by atoms with Gasteiger partial charge in [-0.15, -0.1) is 0 Å². The topological polar surface area (TPSA) is 67.2 Å². The highest BCUT2D eigenvalue weighted by Gasteiger charge is 2.42. The second-order valence-electron chi connectivity index (χ2n) is 1.90. The maximum absolute atomic E-state index is 11.9. The number of nitro groups is 1. The van der Waals surface area contributed by atoms with Gasteiger partial charge in [0.2, 0.25) is 6.54 Å². The first-order chi connectivity index (χ1) is 5.38. The van der Waals surface area contributed by atoms with Crippen LogP contribution in [0.5, 0.6) is 0 Å². The van der Waals surface area contributed by atoms with Gasteiger partial charge in [-0.3, -0.25) is 10.1 Å². The minimum atomic E-state index is -4.63. The van der Waals surface area contributed by atoms with Crippen molar-refractivity contribution in [2.24, 2.45) is 0 Å². The Bertz CT molecular complexity index is 163. The van der Waals surface area contributed by atoms with E-state index >= 15 is 0 Å². The zero-order valence-electron chi connectivity index (χ0n) is 5.76. The number of hydrogen-bond acceptors (Lipinski definition) is 4. The van der Waals surface area contributed by atoms with Crippen LogP contribution in [0.2, 0.25) is 0 Å². The van der Waals surface area contributed by atoms with Crippen molar-refractivity contribution in [1.82, 2.24) is 10.6 Å². The third-order valence-electron chi connectivity index (χ3n) is 0.984. The van der Waals surface area contributed by atoms with Crippen molar-refractivity contribution in [2.75, 3.05) is 6.54 Å². The van der Waals surface area contributed by atoms with E-state index in [1.165, 1.54) is 0 Å². The van der Waals surface area contributed by atoms with Gasteiger partial charge in [-0.1, -0.05) is 9.39 Å². The minimum Gasteiger partial charge on any atom is -0.264 e. The van der Waals surface area contributed by atoms with Crippen molar-refractivity contribution in [2.45, 2.75) is 12.2 Å². The molecule has 0 heterocycles. The molecule has 0 aliphatic carbocycles. The van der Waals surface area contributed by atoms with Crippen LogP contribution in [-0.2, 0) is 0 Å². The van der Waals surface area contributed by atoms with E-state index < -0.39 is 23.7 Å². The number of hydrazine groups is 1. The zero-order valence-corrected chi connectivity index (χ0v) is 6.91. The normalized spacial score (nSPS) is 14.3. The molecule has 0 bridgehead atoms. The summed E-state index contributed by atoms with van der Waals surface area (Å²) in [5.74, 6) is 0. The summed E-state index contributed by atoms with van der Waals surface area (Å²) < 4.78 is 35.6. The highest BCUT2D eigenvalue weighted by Crippen LogP contribution is 2.19. The molecule has 2 unspecified atom stereocenters. The van der Waals surface area contributed by atoms with Crippen molar-refractivity contribution >= 4 is 9.39 Å². The van der Waals surface area contributed by atoms with Crippen LogP contribution in [0.25, 0.3) is 0 Å². The monoisotopic (exact) mass is 205 g/mol. The molecule has 72 valence electrons. The van der Waals surface area contributed by atoms with Gasteiger partial charge in [0.25, 0.3) is 0 Å². The summed E-state index contributed by atoms with van der Waals surface area (Å²) in [5.41, 5.74) is 1.70. The van der Waals surface area contributed by atoms with Crippen molar-refractivity contribution < 1.29 is 18.1 Å². The standard InChI is InChI=1S/C3H7F3N3O2P/c4-3(5,6)2(7-8-12)1-9(10)11/h2,7-8H,1,12H2. The molecule has 0 aliphatic heterocycles. The number of halogens is 3. The maximum atomic E-state index is 11.9.